The van der Waals surface area contributed by atoms with Crippen molar-refractivity contribution in [1.29, 1.82) is 0 Å². The summed E-state index contributed by atoms with van der Waals surface area (Å²) >= 11 is 0. The highest BCUT2D eigenvalue weighted by Gasteiger charge is 2.14. The molecule has 6 heteroatoms. The Morgan fingerprint density at radius 1 is 1.04 bits per heavy atom. The van der Waals surface area contributed by atoms with Crippen LogP contribution in [0.4, 0.5) is 0 Å². The van der Waals surface area contributed by atoms with E-state index in [1.165, 1.54) is 0 Å². The topological polar surface area (TPSA) is 84.9 Å². The smallest absolute Gasteiger partial charge is 0.307 e. The van der Waals surface area contributed by atoms with E-state index in [0.29, 0.717) is 22.6 Å². The van der Waals surface area contributed by atoms with Crippen molar-refractivity contribution in [2.75, 3.05) is 14.2 Å². The van der Waals surface area contributed by atoms with Gasteiger partial charge in [0.05, 0.1) is 20.6 Å². The number of carbonyl (C=O) groups is 2. The predicted molar refractivity (Wildman–Crippen MR) is 88.5 cm³/mol. The predicted octanol–water partition coefficient (Wildman–Crippen LogP) is 2.26. The SMILES string of the molecule is COc1ccc(CNC(=O)c2ccccc2CC(=O)O)c(OC)c1. The van der Waals surface area contributed by atoms with Gasteiger partial charge < -0.3 is 19.9 Å². The van der Waals surface area contributed by atoms with E-state index in [2.05, 4.69) is 5.32 Å². The molecule has 0 aliphatic carbocycles. The fourth-order valence-corrected chi connectivity index (χ4v) is 2.33. The number of carboxylic acid groups (broad SMARTS) is 1. The maximum absolute atomic E-state index is 12.4. The molecule has 0 atom stereocenters. The van der Waals surface area contributed by atoms with E-state index in [1.807, 2.05) is 0 Å². The van der Waals surface area contributed by atoms with Gasteiger partial charge in [-0.2, -0.15) is 0 Å². The van der Waals surface area contributed by atoms with Crippen LogP contribution in [-0.4, -0.2) is 31.2 Å². The van der Waals surface area contributed by atoms with Crippen molar-refractivity contribution >= 4 is 11.9 Å². The summed E-state index contributed by atoms with van der Waals surface area (Å²) in [4.78, 5) is 23.3. The van der Waals surface area contributed by atoms with Crippen LogP contribution in [0.3, 0.4) is 0 Å². The van der Waals surface area contributed by atoms with E-state index in [4.69, 9.17) is 14.6 Å². The Bertz CT molecular complexity index is 742. The number of carboxylic acids is 1. The number of rotatable bonds is 7. The lowest BCUT2D eigenvalue weighted by Gasteiger charge is -2.12. The quantitative estimate of drug-likeness (QED) is 0.814. The highest BCUT2D eigenvalue weighted by molar-refractivity contribution is 5.96. The molecule has 0 aliphatic rings. The van der Waals surface area contributed by atoms with E-state index >= 15 is 0 Å². The molecule has 0 unspecified atom stereocenters. The minimum absolute atomic E-state index is 0.199. The molecule has 126 valence electrons. The van der Waals surface area contributed by atoms with Gasteiger partial charge in [0.25, 0.3) is 5.91 Å². The summed E-state index contributed by atoms with van der Waals surface area (Å²) in [7, 11) is 3.11. The van der Waals surface area contributed by atoms with Crippen LogP contribution in [0, 0.1) is 0 Å². The minimum atomic E-state index is -0.980. The number of benzene rings is 2. The summed E-state index contributed by atoms with van der Waals surface area (Å²) in [5.41, 5.74) is 1.62. The van der Waals surface area contributed by atoms with Crippen molar-refractivity contribution in [1.82, 2.24) is 5.32 Å². The standard InChI is InChI=1S/C18H19NO5/c1-23-14-8-7-13(16(10-14)24-2)11-19-18(22)15-6-4-3-5-12(15)9-17(20)21/h3-8,10H,9,11H2,1-2H3,(H,19,22)(H,20,21). The molecule has 0 heterocycles. The Kier molecular flexibility index (Phi) is 5.78. The van der Waals surface area contributed by atoms with Crippen molar-refractivity contribution in [2.24, 2.45) is 0 Å². The van der Waals surface area contributed by atoms with Crippen LogP contribution in [0.5, 0.6) is 11.5 Å². The molecular weight excluding hydrogens is 310 g/mol. The van der Waals surface area contributed by atoms with Gasteiger partial charge in [0.2, 0.25) is 0 Å². The van der Waals surface area contributed by atoms with Crippen LogP contribution in [0.2, 0.25) is 0 Å². The number of nitrogens with one attached hydrogen (secondary N) is 1. The van der Waals surface area contributed by atoms with Gasteiger partial charge >= 0.3 is 5.97 Å². The molecule has 0 fully saturated rings. The summed E-state index contributed by atoms with van der Waals surface area (Å²) in [5.74, 6) is -0.0426. The lowest BCUT2D eigenvalue weighted by molar-refractivity contribution is -0.136. The summed E-state index contributed by atoms with van der Waals surface area (Å²) in [6.45, 7) is 0.257. The van der Waals surface area contributed by atoms with Gasteiger partial charge in [0.15, 0.2) is 0 Å². The molecule has 2 aromatic rings. The first-order chi connectivity index (χ1) is 11.5. The highest BCUT2D eigenvalue weighted by atomic mass is 16.5. The zero-order valence-corrected chi connectivity index (χ0v) is 13.5. The monoisotopic (exact) mass is 329 g/mol. The first-order valence-corrected chi connectivity index (χ1v) is 7.34. The van der Waals surface area contributed by atoms with Crippen LogP contribution < -0.4 is 14.8 Å². The molecule has 0 aliphatic heterocycles. The molecule has 0 spiro atoms. The highest BCUT2D eigenvalue weighted by Crippen LogP contribution is 2.24. The molecule has 0 saturated carbocycles. The molecular formula is C18H19NO5. The fourth-order valence-electron chi connectivity index (χ4n) is 2.33. The summed E-state index contributed by atoms with van der Waals surface area (Å²) in [6.07, 6.45) is -0.199. The Morgan fingerprint density at radius 2 is 1.79 bits per heavy atom. The molecule has 1 amide bonds. The van der Waals surface area contributed by atoms with Crippen LogP contribution in [-0.2, 0) is 17.8 Å². The first-order valence-electron chi connectivity index (χ1n) is 7.34. The van der Waals surface area contributed by atoms with Gasteiger partial charge in [-0.1, -0.05) is 18.2 Å². The zero-order chi connectivity index (χ0) is 17.5. The number of methoxy groups -OCH3 is 2. The molecule has 2 aromatic carbocycles. The summed E-state index contributed by atoms with van der Waals surface area (Å²) in [5, 5.41) is 11.7. The molecule has 0 radical (unpaired) electrons. The van der Waals surface area contributed by atoms with Crippen LogP contribution in [0.1, 0.15) is 21.5 Å². The number of hydrogen-bond donors (Lipinski definition) is 2. The Hall–Kier alpha value is -3.02. The van der Waals surface area contributed by atoms with Crippen molar-refractivity contribution < 1.29 is 24.2 Å². The maximum Gasteiger partial charge on any atom is 0.307 e. The lowest BCUT2D eigenvalue weighted by atomic mass is 10.0. The van der Waals surface area contributed by atoms with Crippen molar-refractivity contribution in [3.05, 3.63) is 59.2 Å². The number of amides is 1. The maximum atomic E-state index is 12.4. The lowest BCUT2D eigenvalue weighted by Crippen LogP contribution is -2.24. The van der Waals surface area contributed by atoms with E-state index in [1.54, 1.807) is 56.7 Å². The molecule has 2 N–H and O–H groups in total. The third kappa shape index (κ3) is 4.25. The van der Waals surface area contributed by atoms with E-state index in [-0.39, 0.29) is 18.9 Å². The van der Waals surface area contributed by atoms with E-state index < -0.39 is 5.97 Å². The van der Waals surface area contributed by atoms with Gasteiger partial charge in [-0.3, -0.25) is 9.59 Å². The van der Waals surface area contributed by atoms with E-state index in [0.717, 1.165) is 5.56 Å². The number of carbonyl (C=O) groups excluding carboxylic acids is 1. The molecule has 2 rings (SSSR count). The molecule has 0 aromatic heterocycles. The average molecular weight is 329 g/mol. The van der Waals surface area contributed by atoms with Crippen LogP contribution in [0.15, 0.2) is 42.5 Å². The van der Waals surface area contributed by atoms with Crippen LogP contribution >= 0.6 is 0 Å². The fraction of sp³-hybridized carbons (Fsp3) is 0.222. The number of ether oxygens (including phenoxy) is 2. The van der Waals surface area contributed by atoms with Gasteiger partial charge in [-0.15, -0.1) is 0 Å². The van der Waals surface area contributed by atoms with Gasteiger partial charge in [-0.25, -0.2) is 0 Å². The largest absolute Gasteiger partial charge is 0.497 e. The van der Waals surface area contributed by atoms with Crippen molar-refractivity contribution in [3.63, 3.8) is 0 Å². The van der Waals surface area contributed by atoms with Gasteiger partial charge in [-0.05, 0) is 23.8 Å². The minimum Gasteiger partial charge on any atom is -0.497 e. The Morgan fingerprint density at radius 3 is 2.46 bits per heavy atom. The molecule has 6 nitrogen and oxygen atoms in total. The van der Waals surface area contributed by atoms with Gasteiger partial charge in [0, 0.05) is 23.7 Å². The second-order valence-corrected chi connectivity index (χ2v) is 5.09. The molecule has 0 saturated heterocycles. The van der Waals surface area contributed by atoms with Crippen molar-refractivity contribution in [3.8, 4) is 11.5 Å². The summed E-state index contributed by atoms with van der Waals surface area (Å²) in [6, 6.07) is 12.0. The number of aliphatic carboxylic acids is 1. The third-order valence-electron chi connectivity index (χ3n) is 3.54. The summed E-state index contributed by atoms with van der Waals surface area (Å²) < 4.78 is 10.4. The molecule has 0 bridgehead atoms. The molecule has 24 heavy (non-hydrogen) atoms. The Balaban J connectivity index is 2.13. The second kappa shape index (κ2) is 8.01. The average Bonchev–Trinajstić information content (AvgIpc) is 2.59. The third-order valence-corrected chi connectivity index (χ3v) is 3.54. The van der Waals surface area contributed by atoms with Crippen LogP contribution in [0.25, 0.3) is 0 Å². The van der Waals surface area contributed by atoms with E-state index in [9.17, 15) is 9.59 Å². The van der Waals surface area contributed by atoms with Crippen molar-refractivity contribution in [2.45, 2.75) is 13.0 Å². The number of hydrogen-bond acceptors (Lipinski definition) is 4. The first kappa shape index (κ1) is 17.3. The second-order valence-electron chi connectivity index (χ2n) is 5.09. The zero-order valence-electron chi connectivity index (χ0n) is 13.5. The van der Waals surface area contributed by atoms with Gasteiger partial charge in [0.1, 0.15) is 11.5 Å². The Labute approximate surface area is 140 Å². The normalized spacial score (nSPS) is 10.1.